The van der Waals surface area contributed by atoms with Gasteiger partial charge in [-0.05, 0) is 54.6 Å². The van der Waals surface area contributed by atoms with Crippen LogP contribution in [0.2, 0.25) is 0 Å². The molecule has 0 bridgehead atoms. The first kappa shape index (κ1) is 33.1. The Hall–Kier alpha value is -3.41. The van der Waals surface area contributed by atoms with Crippen LogP contribution >= 0.6 is 0 Å². The number of hydrogen-bond donors (Lipinski definition) is 0. The Morgan fingerprint density at radius 2 is 1.58 bits per heavy atom. The molecule has 5 atom stereocenters. The maximum atomic E-state index is 13.8. The largest absolute Gasteiger partial charge is 0.486 e. The maximum absolute atomic E-state index is 13.8. The number of carbonyl (C=O) groups excluding carboxylic acids is 1. The Labute approximate surface area is 285 Å². The van der Waals surface area contributed by atoms with Gasteiger partial charge in [-0.25, -0.2) is 4.79 Å². The normalized spacial score (nSPS) is 27.3. The Morgan fingerprint density at radius 3 is 2.21 bits per heavy atom. The second-order valence-electron chi connectivity index (χ2n) is 14.9. The van der Waals surface area contributed by atoms with Crippen molar-refractivity contribution in [3.63, 3.8) is 0 Å². The highest BCUT2D eigenvalue weighted by Gasteiger charge is 2.59. The summed E-state index contributed by atoms with van der Waals surface area (Å²) in [6, 6.07) is 26.6. The summed E-state index contributed by atoms with van der Waals surface area (Å²) >= 11 is 0. The molecule has 3 fully saturated rings. The van der Waals surface area contributed by atoms with E-state index in [9.17, 15) is 4.79 Å². The maximum Gasteiger partial charge on any atom is 0.415 e. The van der Waals surface area contributed by atoms with Crippen LogP contribution in [-0.2, 0) is 23.4 Å². The van der Waals surface area contributed by atoms with E-state index in [4.69, 9.17) is 32.8 Å². The quantitative estimate of drug-likeness (QED) is 0.302. The van der Waals surface area contributed by atoms with Gasteiger partial charge in [0.15, 0.2) is 22.9 Å². The van der Waals surface area contributed by atoms with E-state index in [1.165, 1.54) is 10.4 Å². The summed E-state index contributed by atoms with van der Waals surface area (Å²) in [4.78, 5) is 15.5. The van der Waals surface area contributed by atoms with Crippen molar-refractivity contribution in [2.24, 2.45) is 5.41 Å². The predicted molar refractivity (Wildman–Crippen MR) is 185 cm³/mol. The van der Waals surface area contributed by atoms with Gasteiger partial charge in [-0.2, -0.15) is 0 Å². The van der Waals surface area contributed by atoms with Crippen molar-refractivity contribution >= 4 is 31.2 Å². The van der Waals surface area contributed by atoms with E-state index in [0.717, 1.165) is 0 Å². The number of anilines is 1. The topological polar surface area (TPSA) is 84.9 Å². The fraction of sp³-hybridized carbons (Fsp3) is 0.500. The molecule has 10 heteroatoms. The molecule has 1 amide bonds. The van der Waals surface area contributed by atoms with E-state index in [0.29, 0.717) is 62.8 Å². The van der Waals surface area contributed by atoms with Gasteiger partial charge in [0.2, 0.25) is 9.04 Å². The third kappa shape index (κ3) is 6.86. The third-order valence-corrected chi connectivity index (χ3v) is 12.3. The average molecular weight is 674 g/mol. The Bertz CT molecular complexity index is 1540. The van der Waals surface area contributed by atoms with Gasteiger partial charge < -0.3 is 32.8 Å². The van der Waals surface area contributed by atoms with E-state index in [1.807, 2.05) is 44.2 Å². The highest BCUT2D eigenvalue weighted by molar-refractivity contribution is 6.80. The summed E-state index contributed by atoms with van der Waals surface area (Å²) in [5.74, 6) is 0.683. The SMILES string of the molecule is CC1(C)OCC(C[C@@H]2CC[C@@]3(CN(c4ccc5c(c4)OCCO5)C(=O)O3)[C@@H](C(O[SiH](c3ccccc3)c3ccccc3)C(C)(C)C)O2)O1. The summed E-state index contributed by atoms with van der Waals surface area (Å²) in [5.41, 5.74) is -0.591. The van der Waals surface area contributed by atoms with Crippen LogP contribution in [-0.4, -0.2) is 77.3 Å². The third-order valence-electron chi connectivity index (χ3n) is 9.73. The van der Waals surface area contributed by atoms with Crippen LogP contribution in [0.1, 0.15) is 53.9 Å². The molecule has 48 heavy (non-hydrogen) atoms. The molecule has 4 aliphatic rings. The predicted octanol–water partition coefficient (Wildman–Crippen LogP) is 5.21. The molecular formula is C38H47NO8Si. The summed E-state index contributed by atoms with van der Waals surface area (Å²) in [6.45, 7) is 12.3. The molecule has 0 radical (unpaired) electrons. The second kappa shape index (κ2) is 13.1. The zero-order valence-electron chi connectivity index (χ0n) is 28.6. The minimum atomic E-state index is -2.22. The summed E-state index contributed by atoms with van der Waals surface area (Å²) in [7, 11) is -2.22. The molecule has 2 unspecified atom stereocenters. The molecular weight excluding hydrogens is 627 g/mol. The molecule has 9 nitrogen and oxygen atoms in total. The molecule has 0 saturated carbocycles. The van der Waals surface area contributed by atoms with E-state index < -0.39 is 38.7 Å². The molecule has 0 N–H and O–H groups in total. The first-order valence-corrected chi connectivity index (χ1v) is 18.8. The molecule has 1 spiro atoms. The lowest BCUT2D eigenvalue weighted by molar-refractivity contribution is -0.214. The molecule has 3 aromatic rings. The number of amides is 1. The molecule has 4 aliphatic heterocycles. The zero-order chi connectivity index (χ0) is 33.5. The number of hydrogen-bond acceptors (Lipinski definition) is 8. The van der Waals surface area contributed by atoms with E-state index in [-0.39, 0.29) is 17.6 Å². The standard InChI is InChI=1S/C38H47NO8Si/c1-36(2,3)33(47-48(29-12-8-6-9-13-29)30-14-10-7-11-15-30)34-38(19-18-27(44-34)23-28-24-43-37(4,5)45-28)25-39(35(40)46-38)26-16-17-31-32(22-26)42-21-20-41-31/h6-17,22,27-28,33-34,48H,18-21,23-25H2,1-5H3/t27-,28?,33?,34+,38+/m0/s1. The Kier molecular flexibility index (Phi) is 9.06. The minimum absolute atomic E-state index is 0.0789. The summed E-state index contributed by atoms with van der Waals surface area (Å²) in [6.07, 6.45) is 0.490. The number of rotatable bonds is 8. The lowest BCUT2D eigenvalue weighted by atomic mass is 9.75. The molecule has 4 heterocycles. The average Bonchev–Trinajstić information content (AvgIpc) is 3.60. The van der Waals surface area contributed by atoms with Gasteiger partial charge in [-0.15, -0.1) is 0 Å². The molecule has 256 valence electrons. The van der Waals surface area contributed by atoms with E-state index >= 15 is 0 Å². The number of ether oxygens (including phenoxy) is 6. The molecule has 3 saturated heterocycles. The van der Waals surface area contributed by atoms with Gasteiger partial charge >= 0.3 is 6.09 Å². The molecule has 7 rings (SSSR count). The van der Waals surface area contributed by atoms with Crippen LogP contribution in [0, 0.1) is 5.41 Å². The smallest absolute Gasteiger partial charge is 0.415 e. The Balaban J connectivity index is 1.24. The van der Waals surface area contributed by atoms with Crippen LogP contribution in [0.25, 0.3) is 0 Å². The van der Waals surface area contributed by atoms with Gasteiger partial charge in [0.25, 0.3) is 0 Å². The lowest BCUT2D eigenvalue weighted by Crippen LogP contribution is -2.63. The van der Waals surface area contributed by atoms with Gasteiger partial charge in [0, 0.05) is 12.5 Å². The monoisotopic (exact) mass is 673 g/mol. The van der Waals surface area contributed by atoms with Crippen molar-refractivity contribution in [3.05, 3.63) is 78.9 Å². The van der Waals surface area contributed by atoms with Gasteiger partial charge in [-0.1, -0.05) is 81.4 Å². The highest BCUT2D eigenvalue weighted by atomic mass is 28.3. The number of carbonyl (C=O) groups is 1. The first-order chi connectivity index (χ1) is 23.0. The number of fused-ring (bicyclic) bond motifs is 1. The van der Waals surface area contributed by atoms with Crippen LogP contribution in [0.5, 0.6) is 11.5 Å². The first-order valence-electron chi connectivity index (χ1n) is 17.1. The van der Waals surface area contributed by atoms with Gasteiger partial charge in [0.1, 0.15) is 19.3 Å². The van der Waals surface area contributed by atoms with Crippen molar-refractivity contribution < 1.29 is 37.6 Å². The molecule has 3 aromatic carbocycles. The zero-order valence-corrected chi connectivity index (χ0v) is 29.7. The minimum Gasteiger partial charge on any atom is -0.486 e. The van der Waals surface area contributed by atoms with Crippen molar-refractivity contribution in [3.8, 4) is 11.5 Å². The highest BCUT2D eigenvalue weighted by Crippen LogP contribution is 2.46. The van der Waals surface area contributed by atoms with E-state index in [2.05, 4.69) is 69.3 Å². The van der Waals surface area contributed by atoms with Crippen molar-refractivity contribution in [2.45, 2.75) is 89.7 Å². The second-order valence-corrected chi connectivity index (χ2v) is 17.2. The van der Waals surface area contributed by atoms with Gasteiger partial charge in [-0.3, -0.25) is 4.90 Å². The van der Waals surface area contributed by atoms with Crippen LogP contribution in [0.15, 0.2) is 78.9 Å². The number of benzene rings is 3. The lowest BCUT2D eigenvalue weighted by Gasteiger charge is -2.50. The molecule has 0 aliphatic carbocycles. The van der Waals surface area contributed by atoms with Crippen molar-refractivity contribution in [2.75, 3.05) is 31.3 Å². The fourth-order valence-corrected chi connectivity index (χ4v) is 10.1. The number of nitrogens with zero attached hydrogens (tertiary/aromatic N) is 1. The van der Waals surface area contributed by atoms with Crippen LogP contribution in [0.4, 0.5) is 10.5 Å². The summed E-state index contributed by atoms with van der Waals surface area (Å²) in [5, 5.41) is 2.36. The van der Waals surface area contributed by atoms with Crippen molar-refractivity contribution in [1.82, 2.24) is 0 Å². The van der Waals surface area contributed by atoms with Crippen LogP contribution in [0.3, 0.4) is 0 Å². The Morgan fingerprint density at radius 1 is 0.917 bits per heavy atom. The van der Waals surface area contributed by atoms with E-state index in [1.54, 1.807) is 4.90 Å². The molecule has 0 aromatic heterocycles. The van der Waals surface area contributed by atoms with Crippen molar-refractivity contribution in [1.29, 1.82) is 0 Å². The van der Waals surface area contributed by atoms with Gasteiger partial charge in [0.05, 0.1) is 37.2 Å². The van der Waals surface area contributed by atoms with Crippen LogP contribution < -0.4 is 24.7 Å². The fourth-order valence-electron chi connectivity index (χ4n) is 7.39. The summed E-state index contributed by atoms with van der Waals surface area (Å²) < 4.78 is 44.8.